The van der Waals surface area contributed by atoms with Gasteiger partial charge in [-0.25, -0.2) is 10.4 Å². The largest absolute Gasteiger partial charge is 0.492 e. The molecule has 1 saturated heterocycles. The Morgan fingerprint density at radius 2 is 1.83 bits per heavy atom. The van der Waals surface area contributed by atoms with Crippen LogP contribution >= 0.6 is 0 Å². The molecule has 0 saturated carbocycles. The molecule has 1 aromatic heterocycles. The Morgan fingerprint density at radius 3 is 2.57 bits per heavy atom. The Balaban J connectivity index is 1.40. The first kappa shape index (κ1) is 24.1. The summed E-state index contributed by atoms with van der Waals surface area (Å²) < 4.78 is 6.04. The molecule has 2 aromatic carbocycles. The first-order chi connectivity index (χ1) is 17.2. The molecule has 1 fully saturated rings. The number of nitriles is 1. The van der Waals surface area contributed by atoms with Gasteiger partial charge in [-0.15, -0.1) is 0 Å². The van der Waals surface area contributed by atoms with Crippen molar-refractivity contribution in [1.82, 2.24) is 19.8 Å². The van der Waals surface area contributed by atoms with Gasteiger partial charge in [-0.3, -0.25) is 14.7 Å². The molecule has 0 bridgehead atoms. The van der Waals surface area contributed by atoms with Gasteiger partial charge in [0.2, 0.25) is 5.95 Å². The van der Waals surface area contributed by atoms with Gasteiger partial charge in [0.25, 0.3) is 5.56 Å². The molecule has 35 heavy (non-hydrogen) atoms. The number of anilines is 1. The smallest absolute Gasteiger partial charge is 0.270 e. The summed E-state index contributed by atoms with van der Waals surface area (Å²) in [6, 6.07) is 18.7. The first-order valence-corrected chi connectivity index (χ1v) is 11.7. The number of piperazine rings is 1. The summed E-state index contributed by atoms with van der Waals surface area (Å²) in [6.07, 6.45) is 1.62. The van der Waals surface area contributed by atoms with E-state index in [4.69, 9.17) is 4.74 Å². The number of rotatable bonds is 9. The average Bonchev–Trinajstić information content (AvgIpc) is 2.90. The molecule has 9 heteroatoms. The van der Waals surface area contributed by atoms with Gasteiger partial charge in [0, 0.05) is 43.9 Å². The maximum atomic E-state index is 12.4. The Hall–Kier alpha value is -4.00. The molecular formula is C26H29N7O2. The minimum absolute atomic E-state index is 0.0411. The van der Waals surface area contributed by atoms with E-state index in [1.807, 2.05) is 48.5 Å². The molecule has 0 spiro atoms. The number of para-hydroxylation sites is 1. The molecule has 0 radical (unpaired) electrons. The van der Waals surface area contributed by atoms with E-state index in [-0.39, 0.29) is 11.5 Å². The SMILES string of the molecule is CCN1CCN(CCOc2ccccc2C=NNc2nc(-c3ccccc3)c(C#N)c(=O)[nH]2)CC1. The van der Waals surface area contributed by atoms with E-state index in [1.165, 1.54) is 0 Å². The summed E-state index contributed by atoms with van der Waals surface area (Å²) in [6.45, 7) is 9.09. The molecule has 0 aliphatic carbocycles. The van der Waals surface area contributed by atoms with Crippen LogP contribution in [0.5, 0.6) is 5.75 Å². The van der Waals surface area contributed by atoms with Crippen LogP contribution in [0.2, 0.25) is 0 Å². The van der Waals surface area contributed by atoms with Crippen molar-refractivity contribution >= 4 is 12.2 Å². The van der Waals surface area contributed by atoms with Crippen molar-refractivity contribution in [2.24, 2.45) is 5.10 Å². The fourth-order valence-electron chi connectivity index (χ4n) is 3.93. The van der Waals surface area contributed by atoms with E-state index in [1.54, 1.807) is 18.3 Å². The fraction of sp³-hybridized carbons (Fsp3) is 0.308. The molecular weight excluding hydrogens is 442 g/mol. The third kappa shape index (κ3) is 6.32. The van der Waals surface area contributed by atoms with Crippen LogP contribution in [0.25, 0.3) is 11.3 Å². The van der Waals surface area contributed by atoms with Crippen molar-refractivity contribution in [2.75, 3.05) is 51.3 Å². The lowest BCUT2D eigenvalue weighted by Crippen LogP contribution is -2.47. The van der Waals surface area contributed by atoms with Crippen LogP contribution in [0.1, 0.15) is 18.1 Å². The van der Waals surface area contributed by atoms with E-state index < -0.39 is 5.56 Å². The van der Waals surface area contributed by atoms with Gasteiger partial charge in [-0.1, -0.05) is 49.4 Å². The van der Waals surface area contributed by atoms with Gasteiger partial charge in [0.1, 0.15) is 24.0 Å². The zero-order valence-electron chi connectivity index (χ0n) is 19.8. The van der Waals surface area contributed by atoms with Crippen molar-refractivity contribution in [3.05, 3.63) is 76.1 Å². The molecule has 4 rings (SSSR count). The van der Waals surface area contributed by atoms with Gasteiger partial charge in [0.05, 0.1) is 11.9 Å². The third-order valence-corrected chi connectivity index (χ3v) is 5.95. The second kappa shape index (κ2) is 11.9. The number of aromatic nitrogens is 2. The van der Waals surface area contributed by atoms with Crippen LogP contribution in [0, 0.1) is 11.3 Å². The van der Waals surface area contributed by atoms with Gasteiger partial charge < -0.3 is 9.64 Å². The third-order valence-electron chi connectivity index (χ3n) is 5.95. The van der Waals surface area contributed by atoms with E-state index in [2.05, 4.69) is 37.2 Å². The molecule has 180 valence electrons. The molecule has 0 unspecified atom stereocenters. The highest BCUT2D eigenvalue weighted by Crippen LogP contribution is 2.20. The Kier molecular flexibility index (Phi) is 8.22. The maximum Gasteiger partial charge on any atom is 0.270 e. The Morgan fingerprint density at radius 1 is 1.11 bits per heavy atom. The Labute approximate surface area is 204 Å². The highest BCUT2D eigenvalue weighted by Gasteiger charge is 2.15. The maximum absolute atomic E-state index is 12.4. The van der Waals surface area contributed by atoms with Crippen LogP contribution in [0.3, 0.4) is 0 Å². The van der Waals surface area contributed by atoms with Crippen molar-refractivity contribution in [2.45, 2.75) is 6.92 Å². The standard InChI is InChI=1S/C26H29N7O2/c1-2-32-12-14-33(15-13-32)16-17-35-23-11-7-6-10-21(23)19-28-31-26-29-24(20-8-4-3-5-9-20)22(18-27)25(34)30-26/h3-11,19H,2,12-17H2,1H3,(H2,29,30,31,34). The topological polar surface area (TPSA) is 110 Å². The zero-order chi connectivity index (χ0) is 24.5. The number of H-pyrrole nitrogens is 1. The van der Waals surface area contributed by atoms with Crippen molar-refractivity contribution in [3.63, 3.8) is 0 Å². The molecule has 3 aromatic rings. The number of hydrazone groups is 1. The quantitative estimate of drug-likeness (QED) is 0.365. The highest BCUT2D eigenvalue weighted by molar-refractivity contribution is 5.83. The number of nitrogens with one attached hydrogen (secondary N) is 2. The lowest BCUT2D eigenvalue weighted by molar-refractivity contribution is 0.121. The average molecular weight is 472 g/mol. The number of likely N-dealkylation sites (N-methyl/N-ethyl adjacent to an activating group) is 1. The predicted octanol–water partition coefficient (Wildman–Crippen LogP) is 2.77. The predicted molar refractivity (Wildman–Crippen MR) is 137 cm³/mol. The number of nitrogens with zero attached hydrogens (tertiary/aromatic N) is 5. The summed E-state index contributed by atoms with van der Waals surface area (Å²) in [7, 11) is 0. The van der Waals surface area contributed by atoms with E-state index in [9.17, 15) is 10.1 Å². The first-order valence-electron chi connectivity index (χ1n) is 11.7. The lowest BCUT2D eigenvalue weighted by atomic mass is 10.1. The molecule has 1 aliphatic rings. The second-order valence-electron chi connectivity index (χ2n) is 8.15. The van der Waals surface area contributed by atoms with Crippen LogP contribution in [-0.2, 0) is 0 Å². The van der Waals surface area contributed by atoms with E-state index >= 15 is 0 Å². The number of benzene rings is 2. The van der Waals surface area contributed by atoms with Gasteiger partial charge in [0.15, 0.2) is 0 Å². The second-order valence-corrected chi connectivity index (χ2v) is 8.15. The van der Waals surface area contributed by atoms with Crippen LogP contribution in [0.15, 0.2) is 64.5 Å². The number of hydrogen-bond donors (Lipinski definition) is 2. The van der Waals surface area contributed by atoms with Crippen LogP contribution < -0.4 is 15.7 Å². The monoisotopic (exact) mass is 471 g/mol. The molecule has 2 N–H and O–H groups in total. The molecule has 0 atom stereocenters. The van der Waals surface area contributed by atoms with Crippen LogP contribution in [0.4, 0.5) is 5.95 Å². The zero-order valence-corrected chi connectivity index (χ0v) is 19.8. The van der Waals surface area contributed by atoms with Gasteiger partial charge in [-0.2, -0.15) is 10.4 Å². The summed E-state index contributed by atoms with van der Waals surface area (Å²) in [4.78, 5) is 24.2. The highest BCUT2D eigenvalue weighted by atomic mass is 16.5. The van der Waals surface area contributed by atoms with Crippen molar-refractivity contribution in [3.8, 4) is 23.1 Å². The van der Waals surface area contributed by atoms with E-state index in [0.717, 1.165) is 50.6 Å². The van der Waals surface area contributed by atoms with Gasteiger partial charge in [-0.05, 0) is 18.7 Å². The summed E-state index contributed by atoms with van der Waals surface area (Å²) >= 11 is 0. The minimum atomic E-state index is -0.525. The molecule has 1 aliphatic heterocycles. The molecule has 9 nitrogen and oxygen atoms in total. The van der Waals surface area contributed by atoms with Crippen molar-refractivity contribution < 1.29 is 4.74 Å². The normalized spacial score (nSPS) is 14.6. The van der Waals surface area contributed by atoms with Crippen LogP contribution in [-0.4, -0.2) is 71.9 Å². The number of hydrogen-bond acceptors (Lipinski definition) is 8. The van der Waals surface area contributed by atoms with Gasteiger partial charge >= 0.3 is 0 Å². The molecule has 0 amide bonds. The summed E-state index contributed by atoms with van der Waals surface area (Å²) in [5, 5.41) is 13.6. The number of ether oxygens (including phenoxy) is 1. The van der Waals surface area contributed by atoms with E-state index in [0.29, 0.717) is 17.9 Å². The number of aromatic amines is 1. The molecule has 2 heterocycles. The Bertz CT molecular complexity index is 1240. The lowest BCUT2D eigenvalue weighted by Gasteiger charge is -2.33. The fourth-order valence-corrected chi connectivity index (χ4v) is 3.93. The van der Waals surface area contributed by atoms with Crippen molar-refractivity contribution in [1.29, 1.82) is 5.26 Å². The minimum Gasteiger partial charge on any atom is -0.492 e. The summed E-state index contributed by atoms with van der Waals surface area (Å²) in [5.41, 5.74) is 3.98. The summed E-state index contributed by atoms with van der Waals surface area (Å²) in [5.74, 6) is 0.880.